The number of aromatic nitrogens is 2. The maximum atomic E-state index is 13.1. The van der Waals surface area contributed by atoms with E-state index < -0.39 is 47.9 Å². The summed E-state index contributed by atoms with van der Waals surface area (Å²) in [5.41, 5.74) is 12.3. The zero-order valence-electron chi connectivity index (χ0n) is 21.0. The molecule has 0 aliphatic heterocycles. The lowest BCUT2D eigenvalue weighted by Crippen LogP contribution is -2.59. The van der Waals surface area contributed by atoms with Gasteiger partial charge in [0.1, 0.15) is 18.1 Å². The summed E-state index contributed by atoms with van der Waals surface area (Å²) in [6, 6.07) is -3.90. The molecule has 12 heteroatoms. The molecule has 0 bridgehead atoms. The average molecular weight is 496 g/mol. The van der Waals surface area contributed by atoms with Gasteiger partial charge in [-0.15, -0.1) is 0 Å². The van der Waals surface area contributed by atoms with Crippen LogP contribution in [-0.2, 0) is 25.6 Å². The first-order valence-corrected chi connectivity index (χ1v) is 12.1. The quantitative estimate of drug-likeness (QED) is 0.150. The molecule has 0 radical (unpaired) electrons. The first kappa shape index (κ1) is 30.0. The predicted molar refractivity (Wildman–Crippen MR) is 131 cm³/mol. The highest BCUT2D eigenvalue weighted by Crippen LogP contribution is 2.11. The molecule has 0 aromatic carbocycles. The Bertz CT molecular complexity index is 815. The molecule has 198 valence electrons. The molecule has 35 heavy (non-hydrogen) atoms. The number of carboxylic acids is 1. The van der Waals surface area contributed by atoms with Gasteiger partial charge < -0.3 is 37.5 Å². The maximum Gasteiger partial charge on any atom is 0.326 e. The number of hydrogen-bond donors (Lipinski definition) is 7. The van der Waals surface area contributed by atoms with Crippen molar-refractivity contribution in [3.8, 4) is 0 Å². The number of carboxylic acid groups (broad SMARTS) is 1. The van der Waals surface area contributed by atoms with E-state index in [1.54, 1.807) is 27.0 Å². The van der Waals surface area contributed by atoms with Crippen molar-refractivity contribution in [3.63, 3.8) is 0 Å². The lowest BCUT2D eigenvalue weighted by Gasteiger charge is -2.28. The molecule has 0 spiro atoms. The highest BCUT2D eigenvalue weighted by molar-refractivity contribution is 5.94. The monoisotopic (exact) mass is 495 g/mol. The van der Waals surface area contributed by atoms with Gasteiger partial charge in [0.2, 0.25) is 17.7 Å². The SMILES string of the molecule is CCC(C)C(NC(=O)C(NC(=O)C(CCCCN)NC(=O)C(N)Cc1cnc[nH]1)C(C)C)C(=O)O. The average Bonchev–Trinajstić information content (AvgIpc) is 3.31. The number of carbonyl (C=O) groups excluding carboxylic acids is 3. The summed E-state index contributed by atoms with van der Waals surface area (Å²) in [6.07, 6.45) is 5.37. The van der Waals surface area contributed by atoms with E-state index in [0.717, 1.165) is 0 Å². The van der Waals surface area contributed by atoms with Crippen molar-refractivity contribution < 1.29 is 24.3 Å². The molecule has 0 saturated heterocycles. The lowest BCUT2D eigenvalue weighted by molar-refractivity contribution is -0.144. The Morgan fingerprint density at radius 3 is 2.20 bits per heavy atom. The third kappa shape index (κ3) is 10.0. The van der Waals surface area contributed by atoms with Gasteiger partial charge in [0.05, 0.1) is 12.4 Å². The third-order valence-corrected chi connectivity index (χ3v) is 5.94. The van der Waals surface area contributed by atoms with Crippen molar-refractivity contribution in [1.82, 2.24) is 25.9 Å². The molecule has 12 nitrogen and oxygen atoms in total. The fourth-order valence-corrected chi connectivity index (χ4v) is 3.48. The van der Waals surface area contributed by atoms with E-state index in [2.05, 4.69) is 25.9 Å². The van der Waals surface area contributed by atoms with Crippen molar-refractivity contribution in [1.29, 1.82) is 0 Å². The van der Waals surface area contributed by atoms with E-state index in [1.807, 2.05) is 6.92 Å². The minimum atomic E-state index is -1.14. The van der Waals surface area contributed by atoms with Gasteiger partial charge in [0, 0.05) is 18.3 Å². The summed E-state index contributed by atoms with van der Waals surface area (Å²) < 4.78 is 0. The number of amides is 3. The van der Waals surface area contributed by atoms with Crippen LogP contribution in [0.1, 0.15) is 59.1 Å². The van der Waals surface area contributed by atoms with E-state index in [4.69, 9.17) is 11.5 Å². The molecular formula is C23H41N7O5. The number of unbranched alkanes of at least 4 members (excludes halogenated alkanes) is 1. The number of imidazole rings is 1. The Hall–Kier alpha value is -2.99. The van der Waals surface area contributed by atoms with Gasteiger partial charge in [-0.25, -0.2) is 9.78 Å². The van der Waals surface area contributed by atoms with Crippen molar-refractivity contribution >= 4 is 23.7 Å². The number of aliphatic carboxylic acids is 1. The van der Waals surface area contributed by atoms with Gasteiger partial charge in [-0.2, -0.15) is 0 Å². The Morgan fingerprint density at radius 1 is 1.03 bits per heavy atom. The molecular weight excluding hydrogens is 454 g/mol. The van der Waals surface area contributed by atoms with Crippen LogP contribution in [0.5, 0.6) is 0 Å². The van der Waals surface area contributed by atoms with Crippen molar-refractivity contribution in [3.05, 3.63) is 18.2 Å². The molecule has 0 aliphatic carbocycles. The number of aromatic amines is 1. The minimum Gasteiger partial charge on any atom is -0.480 e. The van der Waals surface area contributed by atoms with Gasteiger partial charge in [-0.1, -0.05) is 34.1 Å². The number of nitrogens with two attached hydrogens (primary N) is 2. The van der Waals surface area contributed by atoms with Gasteiger partial charge in [-0.05, 0) is 37.6 Å². The molecule has 0 fully saturated rings. The van der Waals surface area contributed by atoms with Crippen molar-refractivity contribution in [2.45, 2.75) is 84.0 Å². The highest BCUT2D eigenvalue weighted by Gasteiger charge is 2.33. The number of rotatable bonds is 16. The predicted octanol–water partition coefficient (Wildman–Crippen LogP) is -0.350. The van der Waals surface area contributed by atoms with Gasteiger partial charge in [0.25, 0.3) is 0 Å². The smallest absolute Gasteiger partial charge is 0.326 e. The first-order valence-electron chi connectivity index (χ1n) is 12.1. The van der Waals surface area contributed by atoms with Crippen LogP contribution in [0.3, 0.4) is 0 Å². The van der Waals surface area contributed by atoms with E-state index in [9.17, 15) is 24.3 Å². The molecule has 1 rings (SSSR count). The number of nitrogens with zero attached hydrogens (tertiary/aromatic N) is 1. The standard InChI is InChI=1S/C23H41N7O5/c1-5-14(4)19(23(34)35)30-22(33)18(13(2)3)29-21(32)17(8-6-7-9-24)28-20(31)16(25)10-15-11-26-12-27-15/h11-14,16-19H,5-10,24-25H2,1-4H3,(H,26,27)(H,28,31)(H,29,32)(H,30,33)(H,34,35). The summed E-state index contributed by atoms with van der Waals surface area (Å²) >= 11 is 0. The Kier molecular flexibility index (Phi) is 13.0. The number of carbonyl (C=O) groups is 4. The fourth-order valence-electron chi connectivity index (χ4n) is 3.48. The normalized spacial score (nSPS) is 15.5. The number of H-pyrrole nitrogens is 1. The maximum absolute atomic E-state index is 13.1. The van der Waals surface area contributed by atoms with Gasteiger partial charge in [0.15, 0.2) is 0 Å². The van der Waals surface area contributed by atoms with Crippen molar-refractivity contribution in [2.24, 2.45) is 23.3 Å². The van der Waals surface area contributed by atoms with Crippen molar-refractivity contribution in [2.75, 3.05) is 6.54 Å². The highest BCUT2D eigenvalue weighted by atomic mass is 16.4. The lowest BCUT2D eigenvalue weighted by atomic mass is 9.97. The molecule has 5 unspecified atom stereocenters. The van der Waals surface area contributed by atoms with Crippen LogP contribution in [0.15, 0.2) is 12.5 Å². The minimum absolute atomic E-state index is 0.214. The van der Waals surface area contributed by atoms with Crippen LogP contribution < -0.4 is 27.4 Å². The molecule has 9 N–H and O–H groups in total. The second kappa shape index (κ2) is 15.1. The molecule has 3 amide bonds. The molecule has 5 atom stereocenters. The van der Waals surface area contributed by atoms with E-state index in [1.165, 1.54) is 6.33 Å². The van der Waals surface area contributed by atoms with Crippen LogP contribution >= 0.6 is 0 Å². The Labute approximate surface area is 206 Å². The molecule has 1 aromatic rings. The van der Waals surface area contributed by atoms with Crippen LogP contribution in [0.4, 0.5) is 0 Å². The van der Waals surface area contributed by atoms with Crippen LogP contribution in [0.25, 0.3) is 0 Å². The first-order chi connectivity index (χ1) is 16.5. The summed E-state index contributed by atoms with van der Waals surface area (Å²) in [5, 5.41) is 17.4. The second-order valence-corrected chi connectivity index (χ2v) is 9.17. The third-order valence-electron chi connectivity index (χ3n) is 5.94. The van der Waals surface area contributed by atoms with Gasteiger partial charge in [-0.3, -0.25) is 14.4 Å². The summed E-state index contributed by atoms with van der Waals surface area (Å²) in [6.45, 7) is 7.49. The molecule has 1 aromatic heterocycles. The summed E-state index contributed by atoms with van der Waals surface area (Å²) in [7, 11) is 0. The largest absolute Gasteiger partial charge is 0.480 e. The zero-order valence-corrected chi connectivity index (χ0v) is 21.0. The Morgan fingerprint density at radius 2 is 1.69 bits per heavy atom. The molecule has 0 saturated carbocycles. The van der Waals surface area contributed by atoms with E-state index in [0.29, 0.717) is 37.9 Å². The topological polar surface area (TPSA) is 205 Å². The summed E-state index contributed by atoms with van der Waals surface area (Å²) in [4.78, 5) is 57.1. The molecule has 0 aliphatic rings. The van der Waals surface area contributed by atoms with Gasteiger partial charge >= 0.3 is 5.97 Å². The fraction of sp³-hybridized carbons (Fsp3) is 0.696. The zero-order chi connectivity index (χ0) is 26.5. The Balaban J connectivity index is 2.93. The van der Waals surface area contributed by atoms with Crippen LogP contribution in [-0.4, -0.2) is 69.5 Å². The van der Waals surface area contributed by atoms with E-state index in [-0.39, 0.29) is 18.3 Å². The molecule has 1 heterocycles. The number of nitrogens with one attached hydrogen (secondary N) is 4. The van der Waals surface area contributed by atoms with E-state index >= 15 is 0 Å². The van der Waals surface area contributed by atoms with Crippen LogP contribution in [0, 0.1) is 11.8 Å². The second-order valence-electron chi connectivity index (χ2n) is 9.17. The van der Waals surface area contributed by atoms with Crippen LogP contribution in [0.2, 0.25) is 0 Å². The summed E-state index contributed by atoms with van der Waals surface area (Å²) in [5.74, 6) is -3.41. The number of hydrogen-bond acceptors (Lipinski definition) is 7.